The Balaban J connectivity index is 1.55. The van der Waals surface area contributed by atoms with Gasteiger partial charge in [0.15, 0.2) is 5.65 Å². The van der Waals surface area contributed by atoms with Crippen molar-refractivity contribution >= 4 is 22.5 Å². The van der Waals surface area contributed by atoms with Crippen molar-refractivity contribution in [2.45, 2.75) is 31.6 Å². The van der Waals surface area contributed by atoms with Crippen LogP contribution in [0.4, 0.5) is 5.82 Å². The number of nitrogens with one attached hydrogen (secondary N) is 1. The monoisotopic (exact) mass is 435 g/mol. The molecule has 1 aliphatic carbocycles. The Morgan fingerprint density at radius 2 is 2.00 bits per heavy atom. The molecule has 3 aromatic rings. The normalized spacial score (nSPS) is 17.8. The molecular formula is C23H25N5O2S. The Kier molecular flexibility index (Phi) is 5.57. The Hall–Kier alpha value is -2.97. The van der Waals surface area contributed by atoms with E-state index in [4.69, 9.17) is 9.82 Å². The van der Waals surface area contributed by atoms with Gasteiger partial charge in [-0.2, -0.15) is 9.61 Å². The van der Waals surface area contributed by atoms with Gasteiger partial charge in [0.1, 0.15) is 16.8 Å². The van der Waals surface area contributed by atoms with E-state index in [-0.39, 0.29) is 0 Å². The molecule has 1 aromatic carbocycles. The van der Waals surface area contributed by atoms with Crippen LogP contribution < -0.4 is 4.72 Å². The minimum absolute atomic E-state index is 0.429. The summed E-state index contributed by atoms with van der Waals surface area (Å²) in [5.41, 5.74) is 3.87. The first-order valence-corrected chi connectivity index (χ1v) is 11.7. The summed E-state index contributed by atoms with van der Waals surface area (Å²) in [7, 11) is 0.150. The fourth-order valence-electron chi connectivity index (χ4n) is 4.25. The molecule has 2 aromatic heterocycles. The largest absolute Gasteiger partial charge is 0.285 e. The van der Waals surface area contributed by atoms with Gasteiger partial charge in [-0.25, -0.2) is 9.19 Å². The highest BCUT2D eigenvalue weighted by Crippen LogP contribution is 2.37. The molecule has 0 bridgehead atoms. The van der Waals surface area contributed by atoms with Crippen LogP contribution in [0.25, 0.3) is 16.9 Å². The Morgan fingerprint density at radius 3 is 2.77 bits per heavy atom. The van der Waals surface area contributed by atoms with Crippen molar-refractivity contribution in [3.8, 4) is 11.3 Å². The molecule has 8 heteroatoms. The third-order valence-electron chi connectivity index (χ3n) is 5.88. The van der Waals surface area contributed by atoms with Crippen molar-refractivity contribution < 1.29 is 9.05 Å². The predicted octanol–water partition coefficient (Wildman–Crippen LogP) is 4.40. The molecule has 0 saturated heterocycles. The van der Waals surface area contributed by atoms with Gasteiger partial charge in [0.25, 0.3) is 0 Å². The van der Waals surface area contributed by atoms with Crippen molar-refractivity contribution in [3.05, 3.63) is 71.4 Å². The number of aromatic nitrogens is 3. The van der Waals surface area contributed by atoms with Crippen LogP contribution in [0.3, 0.4) is 0 Å². The molecule has 1 unspecified atom stereocenters. The lowest BCUT2D eigenvalue weighted by Crippen LogP contribution is -2.25. The summed E-state index contributed by atoms with van der Waals surface area (Å²) >= 11 is 0. The molecule has 1 atom stereocenters. The number of anilines is 1. The number of rotatable bonds is 6. The van der Waals surface area contributed by atoms with E-state index in [1.54, 1.807) is 22.9 Å². The van der Waals surface area contributed by atoms with Gasteiger partial charge in [-0.1, -0.05) is 43.2 Å². The van der Waals surface area contributed by atoms with Crippen LogP contribution in [0.15, 0.2) is 65.9 Å². The standard InChI is InChI=1S/C23H25N5O2S/c1-30-27-13-7-12-19(16-27)31(29)26-22-14-21(18-10-3-2-4-11-18)25-23-20(15-24-28(22)23)17-8-5-6-9-17/h2-4,7,10-15,17,26H,5-6,8-9,16H2,1H3. The molecule has 0 amide bonds. The van der Waals surface area contributed by atoms with E-state index in [2.05, 4.69) is 9.82 Å². The first kappa shape index (κ1) is 20.0. The molecule has 1 aliphatic heterocycles. The molecule has 2 aliphatic rings. The van der Waals surface area contributed by atoms with Gasteiger partial charge in [-0.3, -0.25) is 14.6 Å². The Morgan fingerprint density at radius 1 is 1.19 bits per heavy atom. The second-order valence-electron chi connectivity index (χ2n) is 7.81. The van der Waals surface area contributed by atoms with E-state index in [1.807, 2.05) is 54.7 Å². The maximum Gasteiger partial charge on any atom is 0.161 e. The molecule has 0 spiro atoms. The third kappa shape index (κ3) is 4.00. The molecule has 1 fully saturated rings. The highest BCUT2D eigenvalue weighted by molar-refractivity contribution is 7.90. The zero-order chi connectivity index (χ0) is 21.2. The van der Waals surface area contributed by atoms with Crippen LogP contribution in [0, 0.1) is 0 Å². The SMILES string of the molecule is CON1C=CC=C(S(=O)Nc2cc(-c3ccccc3)nc3c(C4CCCC4)cnn23)C1. The van der Waals surface area contributed by atoms with Gasteiger partial charge in [0, 0.05) is 23.4 Å². The van der Waals surface area contributed by atoms with Crippen LogP contribution in [0.1, 0.15) is 37.2 Å². The van der Waals surface area contributed by atoms with Crippen LogP contribution in [-0.2, 0) is 15.8 Å². The first-order chi connectivity index (χ1) is 15.2. The zero-order valence-electron chi connectivity index (χ0n) is 17.4. The summed E-state index contributed by atoms with van der Waals surface area (Å²) in [5.74, 6) is 1.14. The maximum absolute atomic E-state index is 13.1. The molecule has 0 radical (unpaired) electrons. The number of allylic oxidation sites excluding steroid dienone is 2. The topological polar surface area (TPSA) is 71.8 Å². The average molecular weight is 436 g/mol. The van der Waals surface area contributed by atoms with E-state index in [1.165, 1.54) is 31.2 Å². The number of nitrogens with zero attached hydrogens (tertiary/aromatic N) is 4. The minimum atomic E-state index is -1.44. The van der Waals surface area contributed by atoms with Gasteiger partial charge >= 0.3 is 0 Å². The second-order valence-corrected chi connectivity index (χ2v) is 9.08. The number of fused-ring (bicyclic) bond motifs is 1. The number of hydrogen-bond acceptors (Lipinski definition) is 5. The van der Waals surface area contributed by atoms with E-state index in [9.17, 15) is 4.21 Å². The fourth-order valence-corrected chi connectivity index (χ4v) is 5.16. The van der Waals surface area contributed by atoms with E-state index < -0.39 is 11.0 Å². The molecule has 160 valence electrons. The number of hydroxylamine groups is 2. The fraction of sp³-hybridized carbons (Fsp3) is 0.304. The third-order valence-corrected chi connectivity index (χ3v) is 7.02. The van der Waals surface area contributed by atoms with Crippen molar-refractivity contribution in [1.29, 1.82) is 0 Å². The first-order valence-electron chi connectivity index (χ1n) is 10.5. The van der Waals surface area contributed by atoms with Crippen molar-refractivity contribution in [1.82, 2.24) is 19.7 Å². The van der Waals surface area contributed by atoms with Gasteiger partial charge < -0.3 is 0 Å². The molecule has 3 heterocycles. The Labute approximate surface area is 184 Å². The predicted molar refractivity (Wildman–Crippen MR) is 122 cm³/mol. The zero-order valence-corrected chi connectivity index (χ0v) is 18.2. The van der Waals surface area contributed by atoms with Crippen LogP contribution in [-0.4, -0.2) is 37.5 Å². The van der Waals surface area contributed by atoms with Crippen LogP contribution in [0.2, 0.25) is 0 Å². The van der Waals surface area contributed by atoms with E-state index >= 15 is 0 Å². The summed E-state index contributed by atoms with van der Waals surface area (Å²) < 4.78 is 18.1. The quantitative estimate of drug-likeness (QED) is 0.621. The summed E-state index contributed by atoms with van der Waals surface area (Å²) in [6.45, 7) is 0.429. The average Bonchev–Trinajstić information content (AvgIpc) is 3.49. The maximum atomic E-state index is 13.1. The molecular weight excluding hydrogens is 410 g/mol. The van der Waals surface area contributed by atoms with Gasteiger partial charge in [-0.15, -0.1) is 0 Å². The van der Waals surface area contributed by atoms with Crippen LogP contribution >= 0.6 is 0 Å². The molecule has 31 heavy (non-hydrogen) atoms. The van der Waals surface area contributed by atoms with Crippen molar-refractivity contribution in [2.75, 3.05) is 18.4 Å². The van der Waals surface area contributed by atoms with Crippen LogP contribution in [0.5, 0.6) is 0 Å². The molecule has 1 N–H and O–H groups in total. The minimum Gasteiger partial charge on any atom is -0.285 e. The van der Waals surface area contributed by atoms with E-state index in [0.29, 0.717) is 18.3 Å². The molecule has 5 rings (SSSR count). The summed E-state index contributed by atoms with van der Waals surface area (Å²) in [6.07, 6.45) is 12.2. The summed E-state index contributed by atoms with van der Waals surface area (Å²) in [4.78, 5) is 10.9. The molecule has 7 nitrogen and oxygen atoms in total. The van der Waals surface area contributed by atoms with Gasteiger partial charge in [0.05, 0.1) is 30.5 Å². The van der Waals surface area contributed by atoms with E-state index in [0.717, 1.165) is 21.8 Å². The number of benzene rings is 1. The Bertz CT molecular complexity index is 1170. The smallest absolute Gasteiger partial charge is 0.161 e. The highest BCUT2D eigenvalue weighted by Gasteiger charge is 2.24. The lowest BCUT2D eigenvalue weighted by Gasteiger charge is -2.21. The number of hydrogen-bond donors (Lipinski definition) is 1. The van der Waals surface area contributed by atoms with Gasteiger partial charge in [-0.05, 0) is 30.9 Å². The highest BCUT2D eigenvalue weighted by atomic mass is 32.2. The van der Waals surface area contributed by atoms with Gasteiger partial charge in [0.2, 0.25) is 0 Å². The van der Waals surface area contributed by atoms with Crippen molar-refractivity contribution in [3.63, 3.8) is 0 Å². The summed E-state index contributed by atoms with van der Waals surface area (Å²) in [6, 6.07) is 12.0. The summed E-state index contributed by atoms with van der Waals surface area (Å²) in [5, 5.41) is 6.25. The lowest BCUT2D eigenvalue weighted by atomic mass is 10.0. The molecule has 1 saturated carbocycles. The van der Waals surface area contributed by atoms with Crippen molar-refractivity contribution in [2.24, 2.45) is 0 Å². The second kappa shape index (κ2) is 8.64. The lowest BCUT2D eigenvalue weighted by molar-refractivity contribution is -0.0797.